The molecule has 0 spiro atoms. The Morgan fingerprint density at radius 1 is 1.04 bits per heavy atom. The first-order valence-electron chi connectivity index (χ1n) is 9.34. The van der Waals surface area contributed by atoms with Gasteiger partial charge in [-0.25, -0.2) is 4.79 Å². The van der Waals surface area contributed by atoms with E-state index in [1.807, 2.05) is 19.1 Å². The van der Waals surface area contributed by atoms with Crippen LogP contribution in [0.4, 0.5) is 10.5 Å². The van der Waals surface area contributed by atoms with Crippen LogP contribution < -0.4 is 15.8 Å². The number of aryl methyl sites for hydroxylation is 3. The molecule has 0 heterocycles. The third-order valence-electron chi connectivity index (χ3n) is 5.45. The Morgan fingerprint density at radius 3 is 2.33 bits per heavy atom. The maximum atomic E-state index is 12.6. The Kier molecular flexibility index (Phi) is 4.83. The van der Waals surface area contributed by atoms with Crippen molar-refractivity contribution in [2.24, 2.45) is 5.73 Å². The molecular weight excluding hydrogens is 358 g/mol. The number of nitrogens with one attached hydrogen (secondary N) is 2. The Bertz CT molecular complexity index is 907. The average molecular weight is 382 g/mol. The predicted molar refractivity (Wildman–Crippen MR) is 108 cm³/mol. The molecule has 0 aromatic heterocycles. The van der Waals surface area contributed by atoms with Crippen molar-refractivity contribution in [3.05, 3.63) is 57.6 Å². The second kappa shape index (κ2) is 7.27. The van der Waals surface area contributed by atoms with Crippen LogP contribution in [-0.2, 0) is 25.7 Å². The van der Waals surface area contributed by atoms with Crippen molar-refractivity contribution in [2.45, 2.75) is 50.3 Å². The van der Waals surface area contributed by atoms with Crippen molar-refractivity contribution in [2.75, 3.05) is 5.32 Å². The van der Waals surface area contributed by atoms with Crippen LogP contribution in [0.5, 0.6) is 0 Å². The molecule has 4 rings (SSSR count). The lowest BCUT2D eigenvalue weighted by atomic mass is 9.99. The first-order chi connectivity index (χ1) is 13.0. The van der Waals surface area contributed by atoms with Gasteiger partial charge in [0.05, 0.1) is 5.56 Å². The third-order valence-corrected chi connectivity index (χ3v) is 6.29. The minimum Gasteiger partial charge on any atom is -0.366 e. The number of hydrogen-bond acceptors (Lipinski definition) is 3. The molecule has 0 aliphatic heterocycles. The van der Waals surface area contributed by atoms with Gasteiger partial charge in [-0.3, -0.25) is 9.52 Å². The van der Waals surface area contributed by atoms with Crippen LogP contribution in [0.3, 0.4) is 0 Å². The molecule has 0 saturated carbocycles. The normalized spacial score (nSPS) is 14.6. The first kappa shape index (κ1) is 17.9. The largest absolute Gasteiger partial charge is 0.366 e. The van der Waals surface area contributed by atoms with Crippen molar-refractivity contribution in [3.63, 3.8) is 0 Å². The minimum atomic E-state index is -0.489. The highest BCUT2D eigenvalue weighted by Crippen LogP contribution is 2.38. The third kappa shape index (κ3) is 3.41. The van der Waals surface area contributed by atoms with Crippen LogP contribution in [0.1, 0.15) is 51.0 Å². The number of benzene rings is 2. The lowest BCUT2D eigenvalue weighted by molar-refractivity contribution is 0.0997. The summed E-state index contributed by atoms with van der Waals surface area (Å²) in [6.45, 7) is 1.83. The smallest absolute Gasteiger partial charge is 0.329 e. The maximum absolute atomic E-state index is 12.6. The van der Waals surface area contributed by atoms with Crippen molar-refractivity contribution < 1.29 is 9.59 Å². The summed E-state index contributed by atoms with van der Waals surface area (Å²) in [6.07, 6.45) is 6.53. The zero-order chi connectivity index (χ0) is 19.0. The van der Waals surface area contributed by atoms with E-state index in [-0.39, 0.29) is 6.03 Å². The molecule has 2 aromatic carbocycles. The number of primary amides is 1. The van der Waals surface area contributed by atoms with Gasteiger partial charge in [0.25, 0.3) is 0 Å². The van der Waals surface area contributed by atoms with Gasteiger partial charge in [-0.1, -0.05) is 18.2 Å². The van der Waals surface area contributed by atoms with Gasteiger partial charge in [0.2, 0.25) is 5.91 Å². The molecule has 2 aromatic rings. The lowest BCUT2D eigenvalue weighted by Gasteiger charge is -2.16. The Balaban J connectivity index is 1.52. The number of hydrogen-bond donors (Lipinski definition) is 3. The van der Waals surface area contributed by atoms with Gasteiger partial charge < -0.3 is 11.1 Å². The van der Waals surface area contributed by atoms with Gasteiger partial charge in [0, 0.05) is 10.6 Å². The summed E-state index contributed by atoms with van der Waals surface area (Å²) in [7, 11) is 0. The second-order valence-electron chi connectivity index (χ2n) is 7.20. The van der Waals surface area contributed by atoms with E-state index in [4.69, 9.17) is 5.73 Å². The number of urea groups is 1. The molecule has 4 N–H and O–H groups in total. The molecule has 27 heavy (non-hydrogen) atoms. The van der Waals surface area contributed by atoms with E-state index in [2.05, 4.69) is 16.1 Å². The number of carbonyl (C=O) groups excluding carboxylic acids is 2. The van der Waals surface area contributed by atoms with Crippen molar-refractivity contribution in [3.8, 4) is 0 Å². The molecule has 0 radical (unpaired) electrons. The summed E-state index contributed by atoms with van der Waals surface area (Å²) < 4.78 is 2.81. The highest BCUT2D eigenvalue weighted by Gasteiger charge is 2.25. The summed E-state index contributed by atoms with van der Waals surface area (Å²) in [4.78, 5) is 25.0. The molecular formula is C21H23N3O2S. The SMILES string of the molecule is Cc1cccc(SNC(=O)Nc2c3c(cc4c2CCC4)CCC3)c1C(N)=O. The highest BCUT2D eigenvalue weighted by atomic mass is 32.2. The zero-order valence-electron chi connectivity index (χ0n) is 15.4. The van der Waals surface area contributed by atoms with Crippen LogP contribution in [0, 0.1) is 6.92 Å². The van der Waals surface area contributed by atoms with Gasteiger partial charge in [-0.15, -0.1) is 0 Å². The summed E-state index contributed by atoms with van der Waals surface area (Å²) in [5.41, 5.74) is 13.1. The van der Waals surface area contributed by atoms with E-state index in [1.165, 1.54) is 22.3 Å². The number of anilines is 1. The number of nitrogens with two attached hydrogens (primary N) is 1. The first-order valence-corrected chi connectivity index (χ1v) is 10.2. The van der Waals surface area contributed by atoms with Gasteiger partial charge in [0.15, 0.2) is 0 Å². The lowest BCUT2D eigenvalue weighted by Crippen LogP contribution is -2.25. The standard InChI is InChI=1S/C21H23N3O2S/c1-12-5-2-10-17(18(12)20(22)25)27-24-21(26)23-19-15-8-3-6-13(15)11-14-7-4-9-16(14)19/h2,5,10-11H,3-4,6-9H2,1H3,(H2,22,25)(H2,23,24,26). The average Bonchev–Trinajstić information content (AvgIpc) is 3.28. The molecule has 2 aliphatic carbocycles. The molecule has 0 fully saturated rings. The van der Waals surface area contributed by atoms with E-state index in [9.17, 15) is 9.59 Å². The minimum absolute atomic E-state index is 0.272. The summed E-state index contributed by atoms with van der Waals surface area (Å²) in [5.74, 6) is -0.489. The zero-order valence-corrected chi connectivity index (χ0v) is 16.2. The number of carbonyl (C=O) groups is 2. The molecule has 6 heteroatoms. The van der Waals surface area contributed by atoms with Gasteiger partial charge >= 0.3 is 6.03 Å². The van der Waals surface area contributed by atoms with E-state index in [0.717, 1.165) is 61.7 Å². The molecule has 0 unspecified atom stereocenters. The van der Waals surface area contributed by atoms with E-state index < -0.39 is 5.91 Å². The topological polar surface area (TPSA) is 84.2 Å². The monoisotopic (exact) mass is 381 g/mol. The Morgan fingerprint density at radius 2 is 1.70 bits per heavy atom. The molecule has 3 amide bonds. The van der Waals surface area contributed by atoms with Gasteiger partial charge in [-0.05, 0) is 91.3 Å². The van der Waals surface area contributed by atoms with E-state index in [1.54, 1.807) is 6.07 Å². The van der Waals surface area contributed by atoms with E-state index in [0.29, 0.717) is 10.5 Å². The van der Waals surface area contributed by atoms with Crippen molar-refractivity contribution >= 4 is 29.6 Å². The number of rotatable bonds is 4. The summed E-state index contributed by atoms with van der Waals surface area (Å²) >= 11 is 1.12. The van der Waals surface area contributed by atoms with Crippen LogP contribution in [-0.4, -0.2) is 11.9 Å². The van der Waals surface area contributed by atoms with Crippen LogP contribution in [0.25, 0.3) is 0 Å². The predicted octanol–water partition coefficient (Wildman–Crippen LogP) is 3.90. The van der Waals surface area contributed by atoms with Crippen LogP contribution in [0.15, 0.2) is 29.2 Å². The Labute approximate surface area is 163 Å². The van der Waals surface area contributed by atoms with Crippen molar-refractivity contribution in [1.82, 2.24) is 4.72 Å². The molecule has 0 saturated heterocycles. The Hall–Kier alpha value is -2.47. The van der Waals surface area contributed by atoms with Crippen LogP contribution in [0.2, 0.25) is 0 Å². The highest BCUT2D eigenvalue weighted by molar-refractivity contribution is 7.98. The van der Waals surface area contributed by atoms with Gasteiger partial charge in [0.1, 0.15) is 0 Å². The fourth-order valence-electron chi connectivity index (χ4n) is 4.25. The van der Waals surface area contributed by atoms with E-state index >= 15 is 0 Å². The van der Waals surface area contributed by atoms with Crippen molar-refractivity contribution in [1.29, 1.82) is 0 Å². The fourth-order valence-corrected chi connectivity index (χ4v) is 5.01. The second-order valence-corrected chi connectivity index (χ2v) is 8.05. The number of fused-ring (bicyclic) bond motifs is 2. The molecule has 2 aliphatic rings. The number of amides is 3. The molecule has 140 valence electrons. The quantitative estimate of drug-likeness (QED) is 0.702. The summed E-state index contributed by atoms with van der Waals surface area (Å²) in [5, 5.41) is 3.09. The van der Waals surface area contributed by atoms with Gasteiger partial charge in [-0.2, -0.15) is 0 Å². The molecule has 0 bridgehead atoms. The fraction of sp³-hybridized carbons (Fsp3) is 0.333. The summed E-state index contributed by atoms with van der Waals surface area (Å²) in [6, 6.07) is 7.54. The molecule has 0 atom stereocenters. The molecule has 5 nitrogen and oxygen atoms in total. The van der Waals surface area contributed by atoms with Crippen LogP contribution >= 0.6 is 11.9 Å². The maximum Gasteiger partial charge on any atom is 0.329 e.